The zero-order chi connectivity index (χ0) is 12.3. The summed E-state index contributed by atoms with van der Waals surface area (Å²) >= 11 is 0. The lowest BCUT2D eigenvalue weighted by atomic mass is 10.3. The third kappa shape index (κ3) is 2.87. The van der Waals surface area contributed by atoms with Gasteiger partial charge in [0.25, 0.3) is 5.56 Å². The zero-order valence-corrected chi connectivity index (χ0v) is 8.48. The summed E-state index contributed by atoms with van der Waals surface area (Å²) in [5.41, 5.74) is -0.994. The standard InChI is InChI=1S/C8H8N6O3/c15-5(12-7-9-3-10-14-7)1-4-2-6(16)13-8(17)11-4/h2-3H,1H2,(H2,11,13,16,17)(H2,9,10,12,14,15). The maximum atomic E-state index is 11.5. The molecule has 1 amide bonds. The van der Waals surface area contributed by atoms with Crippen LogP contribution in [0.3, 0.4) is 0 Å². The fourth-order valence-electron chi connectivity index (χ4n) is 1.23. The number of hydrogen-bond donors (Lipinski definition) is 4. The van der Waals surface area contributed by atoms with Crippen LogP contribution in [-0.4, -0.2) is 31.1 Å². The number of anilines is 1. The molecule has 88 valence electrons. The molecule has 0 radical (unpaired) electrons. The molecule has 17 heavy (non-hydrogen) atoms. The van der Waals surface area contributed by atoms with Crippen LogP contribution in [0, 0.1) is 0 Å². The molecule has 2 rings (SSSR count). The molecule has 0 aliphatic rings. The number of rotatable bonds is 3. The van der Waals surface area contributed by atoms with Crippen LogP contribution in [0.5, 0.6) is 0 Å². The molecular formula is C8H8N6O3. The quantitative estimate of drug-likeness (QED) is 0.506. The van der Waals surface area contributed by atoms with E-state index >= 15 is 0 Å². The highest BCUT2D eigenvalue weighted by Gasteiger charge is 2.07. The number of carbonyl (C=O) groups excluding carboxylic acids is 1. The van der Waals surface area contributed by atoms with E-state index in [1.807, 2.05) is 4.98 Å². The second kappa shape index (κ2) is 4.43. The van der Waals surface area contributed by atoms with Crippen molar-refractivity contribution in [2.45, 2.75) is 6.42 Å². The fraction of sp³-hybridized carbons (Fsp3) is 0.125. The van der Waals surface area contributed by atoms with Crippen LogP contribution < -0.4 is 16.6 Å². The van der Waals surface area contributed by atoms with Gasteiger partial charge in [-0.25, -0.2) is 9.89 Å². The van der Waals surface area contributed by atoms with E-state index in [9.17, 15) is 14.4 Å². The van der Waals surface area contributed by atoms with Gasteiger partial charge in [-0.15, -0.1) is 0 Å². The minimum atomic E-state index is -0.653. The van der Waals surface area contributed by atoms with E-state index < -0.39 is 17.2 Å². The van der Waals surface area contributed by atoms with Gasteiger partial charge in [-0.2, -0.15) is 10.1 Å². The van der Waals surface area contributed by atoms with Gasteiger partial charge >= 0.3 is 5.69 Å². The van der Waals surface area contributed by atoms with Crippen LogP contribution in [-0.2, 0) is 11.2 Å². The van der Waals surface area contributed by atoms with Crippen molar-refractivity contribution in [3.63, 3.8) is 0 Å². The van der Waals surface area contributed by atoms with Gasteiger partial charge in [0.15, 0.2) is 0 Å². The van der Waals surface area contributed by atoms with Gasteiger partial charge < -0.3 is 4.98 Å². The third-order valence-corrected chi connectivity index (χ3v) is 1.84. The molecule has 0 atom stereocenters. The number of carbonyl (C=O) groups is 1. The molecule has 0 spiro atoms. The maximum Gasteiger partial charge on any atom is 0.325 e. The highest BCUT2D eigenvalue weighted by Crippen LogP contribution is 1.95. The molecule has 0 saturated heterocycles. The minimum absolute atomic E-state index is 0.139. The van der Waals surface area contributed by atoms with Crippen LogP contribution in [0.15, 0.2) is 22.0 Å². The molecule has 0 fully saturated rings. The summed E-state index contributed by atoms with van der Waals surface area (Å²) in [6.45, 7) is 0. The fourth-order valence-corrected chi connectivity index (χ4v) is 1.23. The molecule has 0 saturated carbocycles. The van der Waals surface area contributed by atoms with E-state index in [0.29, 0.717) is 0 Å². The molecule has 0 bridgehead atoms. The lowest BCUT2D eigenvalue weighted by molar-refractivity contribution is -0.115. The first-order valence-corrected chi connectivity index (χ1v) is 4.61. The third-order valence-electron chi connectivity index (χ3n) is 1.84. The first-order valence-electron chi connectivity index (χ1n) is 4.61. The molecule has 9 heteroatoms. The largest absolute Gasteiger partial charge is 0.325 e. The van der Waals surface area contributed by atoms with Crippen molar-refractivity contribution in [3.8, 4) is 0 Å². The lowest BCUT2D eigenvalue weighted by Gasteiger charge is -2.00. The Morgan fingerprint density at radius 1 is 1.35 bits per heavy atom. The summed E-state index contributed by atoms with van der Waals surface area (Å²) < 4.78 is 0. The number of aromatic nitrogens is 5. The maximum absolute atomic E-state index is 11.5. The van der Waals surface area contributed by atoms with Crippen molar-refractivity contribution >= 4 is 11.9 Å². The number of nitrogens with zero attached hydrogens (tertiary/aromatic N) is 2. The Morgan fingerprint density at radius 3 is 2.82 bits per heavy atom. The SMILES string of the molecule is O=C(Cc1cc(=O)[nH]c(=O)[nH]1)Nc1ncn[nH]1. The zero-order valence-electron chi connectivity index (χ0n) is 8.48. The van der Waals surface area contributed by atoms with Crippen LogP contribution in [0.1, 0.15) is 5.69 Å². The highest BCUT2D eigenvalue weighted by atomic mass is 16.2. The smallest absolute Gasteiger partial charge is 0.311 e. The average Bonchev–Trinajstić information content (AvgIpc) is 2.67. The molecule has 4 N–H and O–H groups in total. The number of nitrogens with one attached hydrogen (secondary N) is 4. The highest BCUT2D eigenvalue weighted by molar-refractivity contribution is 5.90. The normalized spacial score (nSPS) is 10.1. The van der Waals surface area contributed by atoms with E-state index in [0.717, 1.165) is 6.07 Å². The number of hydrogen-bond acceptors (Lipinski definition) is 5. The lowest BCUT2D eigenvalue weighted by Crippen LogP contribution is -2.25. The van der Waals surface area contributed by atoms with Crippen molar-refractivity contribution in [1.82, 2.24) is 25.1 Å². The van der Waals surface area contributed by atoms with Gasteiger partial charge in [-0.05, 0) is 0 Å². The van der Waals surface area contributed by atoms with E-state index in [1.165, 1.54) is 6.33 Å². The second-order valence-electron chi connectivity index (χ2n) is 3.17. The van der Waals surface area contributed by atoms with Crippen molar-refractivity contribution < 1.29 is 4.79 Å². The molecule has 9 nitrogen and oxygen atoms in total. The first kappa shape index (κ1) is 10.8. The van der Waals surface area contributed by atoms with Gasteiger partial charge in [-0.1, -0.05) is 0 Å². The summed E-state index contributed by atoms with van der Waals surface area (Å²) in [5, 5.41) is 8.40. The van der Waals surface area contributed by atoms with E-state index in [-0.39, 0.29) is 18.1 Å². The number of H-pyrrole nitrogens is 3. The Kier molecular flexibility index (Phi) is 2.81. The Morgan fingerprint density at radius 2 is 2.18 bits per heavy atom. The number of amides is 1. The summed E-state index contributed by atoms with van der Waals surface area (Å²) in [4.78, 5) is 41.4. The van der Waals surface area contributed by atoms with Gasteiger partial charge in [0.1, 0.15) is 6.33 Å². The average molecular weight is 236 g/mol. The molecule has 2 heterocycles. The Balaban J connectivity index is 2.08. The van der Waals surface area contributed by atoms with Crippen LogP contribution in [0.2, 0.25) is 0 Å². The van der Waals surface area contributed by atoms with Gasteiger partial charge in [0.05, 0.1) is 6.42 Å². The molecule has 0 aliphatic heterocycles. The molecule has 0 aromatic carbocycles. The predicted molar refractivity (Wildman–Crippen MR) is 56.4 cm³/mol. The molecule has 0 unspecified atom stereocenters. The van der Waals surface area contributed by atoms with Crippen molar-refractivity contribution in [3.05, 3.63) is 38.9 Å². The van der Waals surface area contributed by atoms with Gasteiger partial charge in [0, 0.05) is 11.8 Å². The van der Waals surface area contributed by atoms with Crippen LogP contribution in [0.25, 0.3) is 0 Å². The molecule has 2 aromatic rings. The van der Waals surface area contributed by atoms with Gasteiger partial charge in [0.2, 0.25) is 11.9 Å². The van der Waals surface area contributed by atoms with E-state index in [4.69, 9.17) is 0 Å². The monoisotopic (exact) mass is 236 g/mol. The minimum Gasteiger partial charge on any atom is -0.311 e. The number of aromatic amines is 3. The van der Waals surface area contributed by atoms with Crippen molar-refractivity contribution in [1.29, 1.82) is 0 Å². The van der Waals surface area contributed by atoms with Gasteiger partial charge in [-0.3, -0.25) is 19.9 Å². The second-order valence-corrected chi connectivity index (χ2v) is 3.17. The molecule has 2 aromatic heterocycles. The Hall–Kier alpha value is -2.71. The topological polar surface area (TPSA) is 136 Å². The molecular weight excluding hydrogens is 228 g/mol. The predicted octanol–water partition coefficient (Wildman–Crippen LogP) is -1.64. The molecule has 0 aliphatic carbocycles. The summed E-state index contributed by atoms with van der Waals surface area (Å²) in [6.07, 6.45) is 1.10. The van der Waals surface area contributed by atoms with E-state index in [1.54, 1.807) is 0 Å². The summed E-state index contributed by atoms with van der Waals surface area (Å²) in [6, 6.07) is 1.14. The van der Waals surface area contributed by atoms with Crippen LogP contribution >= 0.6 is 0 Å². The Bertz CT molecular complexity index is 597. The van der Waals surface area contributed by atoms with Crippen LogP contribution in [0.4, 0.5) is 5.95 Å². The van der Waals surface area contributed by atoms with E-state index in [2.05, 4.69) is 25.5 Å². The first-order chi connectivity index (χ1) is 8.13. The Labute approximate surface area is 93.3 Å². The van der Waals surface area contributed by atoms with Crippen molar-refractivity contribution in [2.24, 2.45) is 0 Å². The summed E-state index contributed by atoms with van der Waals surface area (Å²) in [7, 11) is 0. The summed E-state index contributed by atoms with van der Waals surface area (Å²) in [5.74, 6) is -0.231. The van der Waals surface area contributed by atoms with Crippen molar-refractivity contribution in [2.75, 3.05) is 5.32 Å².